The molecule has 3 nitrogen and oxygen atoms in total. The number of fused-ring (bicyclic) bond motifs is 1. The normalized spacial score (nSPS) is 12.5. The van der Waals surface area contributed by atoms with Gasteiger partial charge in [-0.15, -0.1) is 0 Å². The molecule has 106 valence electrons. The first-order valence-corrected chi connectivity index (χ1v) is 6.55. The van der Waals surface area contributed by atoms with E-state index in [0.717, 1.165) is 17.1 Å². The van der Waals surface area contributed by atoms with Crippen LogP contribution in [0.3, 0.4) is 0 Å². The molecular weight excluding hydrogens is 272 g/mol. The smallest absolute Gasteiger partial charge is 0.162 e. The van der Waals surface area contributed by atoms with E-state index in [9.17, 15) is 8.78 Å². The molecule has 1 unspecified atom stereocenters. The van der Waals surface area contributed by atoms with Gasteiger partial charge in [0, 0.05) is 18.4 Å². The molecule has 3 rings (SSSR count). The van der Waals surface area contributed by atoms with Crippen molar-refractivity contribution in [2.45, 2.75) is 12.5 Å². The Labute approximate surface area is 120 Å². The fraction of sp³-hybridized carbons (Fsp3) is 0.125. The lowest BCUT2D eigenvalue weighted by atomic mass is 9.98. The number of nitrogens with two attached hydrogens (primary N) is 1. The molecule has 1 heterocycles. The molecule has 0 saturated carbocycles. The minimum Gasteiger partial charge on any atom is -0.324 e. The zero-order chi connectivity index (χ0) is 14.8. The van der Waals surface area contributed by atoms with Crippen molar-refractivity contribution in [2.75, 3.05) is 0 Å². The average molecular weight is 285 g/mol. The Morgan fingerprint density at radius 2 is 1.76 bits per heavy atom. The predicted octanol–water partition coefficient (Wildman–Crippen LogP) is 3.15. The summed E-state index contributed by atoms with van der Waals surface area (Å²) in [4.78, 5) is 8.48. The standard InChI is InChI=1S/C16H13F2N3/c17-12-5-1-3-10(15(12)18)9-13(19)11-4-2-6-14-16(11)21-8-7-20-14/h1-8,13H,9,19H2. The van der Waals surface area contributed by atoms with Crippen molar-refractivity contribution in [3.63, 3.8) is 0 Å². The maximum absolute atomic E-state index is 13.7. The minimum atomic E-state index is -0.864. The molecule has 0 amide bonds. The largest absolute Gasteiger partial charge is 0.324 e. The molecule has 3 aromatic rings. The van der Waals surface area contributed by atoms with Crippen molar-refractivity contribution in [3.8, 4) is 0 Å². The number of nitrogens with zero attached hydrogens (tertiary/aromatic N) is 2. The molecule has 1 aromatic heterocycles. The monoisotopic (exact) mass is 285 g/mol. The van der Waals surface area contributed by atoms with Crippen LogP contribution in [-0.4, -0.2) is 9.97 Å². The van der Waals surface area contributed by atoms with E-state index in [1.807, 2.05) is 18.2 Å². The molecule has 0 radical (unpaired) electrons. The lowest BCUT2D eigenvalue weighted by Gasteiger charge is -2.14. The van der Waals surface area contributed by atoms with E-state index in [1.165, 1.54) is 12.1 Å². The molecule has 5 heteroatoms. The average Bonchev–Trinajstić information content (AvgIpc) is 2.51. The van der Waals surface area contributed by atoms with Gasteiger partial charge in [-0.25, -0.2) is 8.78 Å². The highest BCUT2D eigenvalue weighted by atomic mass is 19.2. The Morgan fingerprint density at radius 1 is 1.00 bits per heavy atom. The lowest BCUT2D eigenvalue weighted by molar-refractivity contribution is 0.494. The predicted molar refractivity (Wildman–Crippen MR) is 76.5 cm³/mol. The summed E-state index contributed by atoms with van der Waals surface area (Å²) in [5, 5.41) is 0. The molecular formula is C16H13F2N3. The molecule has 0 aliphatic carbocycles. The maximum Gasteiger partial charge on any atom is 0.162 e. The molecule has 0 spiro atoms. The molecule has 0 fully saturated rings. The van der Waals surface area contributed by atoms with Crippen molar-refractivity contribution in [1.29, 1.82) is 0 Å². The summed E-state index contributed by atoms with van der Waals surface area (Å²) >= 11 is 0. The van der Waals surface area contributed by atoms with Crippen LogP contribution in [0.5, 0.6) is 0 Å². The van der Waals surface area contributed by atoms with E-state index < -0.39 is 17.7 Å². The minimum absolute atomic E-state index is 0.194. The number of hydrogen-bond acceptors (Lipinski definition) is 3. The SMILES string of the molecule is NC(Cc1cccc(F)c1F)c1cccc2nccnc12. The molecule has 0 saturated heterocycles. The summed E-state index contributed by atoms with van der Waals surface area (Å²) in [7, 11) is 0. The summed E-state index contributed by atoms with van der Waals surface area (Å²) in [6, 6.07) is 9.11. The van der Waals surface area contributed by atoms with Gasteiger partial charge in [0.05, 0.1) is 11.0 Å². The van der Waals surface area contributed by atoms with Crippen LogP contribution >= 0.6 is 0 Å². The van der Waals surface area contributed by atoms with Crippen LogP contribution in [0.25, 0.3) is 11.0 Å². The molecule has 2 N–H and O–H groups in total. The molecule has 21 heavy (non-hydrogen) atoms. The van der Waals surface area contributed by atoms with Crippen LogP contribution in [0, 0.1) is 11.6 Å². The van der Waals surface area contributed by atoms with E-state index in [4.69, 9.17) is 5.73 Å². The highest BCUT2D eigenvalue weighted by molar-refractivity contribution is 5.78. The molecule has 0 aliphatic heterocycles. The number of rotatable bonds is 3. The second kappa shape index (κ2) is 5.54. The van der Waals surface area contributed by atoms with Crippen LogP contribution < -0.4 is 5.73 Å². The van der Waals surface area contributed by atoms with E-state index in [-0.39, 0.29) is 12.0 Å². The Bertz CT molecular complexity index is 784. The fourth-order valence-electron chi connectivity index (χ4n) is 2.37. The number of aromatic nitrogens is 2. The van der Waals surface area contributed by atoms with Gasteiger partial charge < -0.3 is 5.73 Å². The van der Waals surface area contributed by atoms with Crippen LogP contribution in [0.4, 0.5) is 8.78 Å². The van der Waals surface area contributed by atoms with E-state index in [2.05, 4.69) is 9.97 Å². The zero-order valence-corrected chi connectivity index (χ0v) is 11.1. The van der Waals surface area contributed by atoms with Gasteiger partial charge in [0.25, 0.3) is 0 Å². The summed E-state index contributed by atoms with van der Waals surface area (Å²) < 4.78 is 27.0. The third-order valence-corrected chi connectivity index (χ3v) is 3.40. The molecule has 0 aliphatic rings. The second-order valence-corrected chi connectivity index (χ2v) is 4.79. The molecule has 1 atom stereocenters. The lowest BCUT2D eigenvalue weighted by Crippen LogP contribution is -2.15. The van der Waals surface area contributed by atoms with Gasteiger partial charge in [0.2, 0.25) is 0 Å². The second-order valence-electron chi connectivity index (χ2n) is 4.79. The van der Waals surface area contributed by atoms with Gasteiger partial charge in [-0.2, -0.15) is 0 Å². The van der Waals surface area contributed by atoms with Crippen LogP contribution in [0.15, 0.2) is 48.8 Å². The van der Waals surface area contributed by atoms with Gasteiger partial charge >= 0.3 is 0 Å². The molecule has 0 bridgehead atoms. The number of para-hydroxylation sites is 1. The third kappa shape index (κ3) is 2.60. The fourth-order valence-corrected chi connectivity index (χ4v) is 2.37. The maximum atomic E-state index is 13.7. The first-order chi connectivity index (χ1) is 10.2. The Hall–Kier alpha value is -2.40. The Balaban J connectivity index is 1.97. The van der Waals surface area contributed by atoms with E-state index in [1.54, 1.807) is 12.4 Å². The quantitative estimate of drug-likeness (QED) is 0.804. The van der Waals surface area contributed by atoms with Crippen LogP contribution in [-0.2, 0) is 6.42 Å². The van der Waals surface area contributed by atoms with Gasteiger partial charge in [-0.1, -0.05) is 24.3 Å². The van der Waals surface area contributed by atoms with Crippen molar-refractivity contribution in [3.05, 3.63) is 71.6 Å². The number of halogens is 2. The van der Waals surface area contributed by atoms with E-state index >= 15 is 0 Å². The highest BCUT2D eigenvalue weighted by Crippen LogP contribution is 2.24. The van der Waals surface area contributed by atoms with Gasteiger partial charge in [0.15, 0.2) is 11.6 Å². The van der Waals surface area contributed by atoms with Crippen molar-refractivity contribution in [2.24, 2.45) is 5.73 Å². The van der Waals surface area contributed by atoms with Crippen molar-refractivity contribution >= 4 is 11.0 Å². The Kier molecular flexibility index (Phi) is 3.58. The van der Waals surface area contributed by atoms with Crippen molar-refractivity contribution < 1.29 is 8.78 Å². The third-order valence-electron chi connectivity index (χ3n) is 3.40. The van der Waals surface area contributed by atoms with Crippen molar-refractivity contribution in [1.82, 2.24) is 9.97 Å². The van der Waals surface area contributed by atoms with Gasteiger partial charge in [-0.3, -0.25) is 9.97 Å². The highest BCUT2D eigenvalue weighted by Gasteiger charge is 2.15. The number of hydrogen-bond donors (Lipinski definition) is 1. The van der Waals surface area contributed by atoms with Gasteiger partial charge in [-0.05, 0) is 29.7 Å². The summed E-state index contributed by atoms with van der Waals surface area (Å²) in [6.45, 7) is 0. The summed E-state index contributed by atoms with van der Waals surface area (Å²) in [5.41, 5.74) is 8.59. The Morgan fingerprint density at radius 3 is 2.62 bits per heavy atom. The van der Waals surface area contributed by atoms with Crippen LogP contribution in [0.2, 0.25) is 0 Å². The number of benzene rings is 2. The molecule has 2 aromatic carbocycles. The van der Waals surface area contributed by atoms with Crippen LogP contribution in [0.1, 0.15) is 17.2 Å². The summed E-state index contributed by atoms with van der Waals surface area (Å²) in [5.74, 6) is -1.71. The summed E-state index contributed by atoms with van der Waals surface area (Å²) in [6.07, 6.45) is 3.38. The van der Waals surface area contributed by atoms with E-state index in [0.29, 0.717) is 5.52 Å². The zero-order valence-electron chi connectivity index (χ0n) is 11.1. The topological polar surface area (TPSA) is 51.8 Å². The van der Waals surface area contributed by atoms with Gasteiger partial charge in [0.1, 0.15) is 0 Å². The first-order valence-electron chi connectivity index (χ1n) is 6.55. The first kappa shape index (κ1) is 13.6.